The number of aryl methyl sites for hydroxylation is 4. The van der Waals surface area contributed by atoms with Crippen LogP contribution in [0, 0.1) is 20.8 Å². The summed E-state index contributed by atoms with van der Waals surface area (Å²) in [6.07, 6.45) is 2.44. The zero-order valence-corrected chi connectivity index (χ0v) is 20.8. The van der Waals surface area contributed by atoms with Crippen molar-refractivity contribution in [2.24, 2.45) is 0 Å². The van der Waals surface area contributed by atoms with Crippen LogP contribution in [0.4, 0.5) is 5.69 Å². The molecule has 1 amide bonds. The SMILES string of the molecule is Cc1ccc(C)c(OCCCCn2c(C3CC(=O)N(c4ccccc4C)C3)nc3ccccc32)c1. The summed E-state index contributed by atoms with van der Waals surface area (Å²) in [6.45, 7) is 8.46. The van der Waals surface area contributed by atoms with Crippen LogP contribution in [0.3, 0.4) is 0 Å². The Hall–Kier alpha value is -3.60. The highest BCUT2D eigenvalue weighted by Crippen LogP contribution is 2.34. The summed E-state index contributed by atoms with van der Waals surface area (Å²) >= 11 is 0. The topological polar surface area (TPSA) is 47.4 Å². The number of fused-ring (bicyclic) bond motifs is 1. The summed E-state index contributed by atoms with van der Waals surface area (Å²) in [7, 11) is 0. The van der Waals surface area contributed by atoms with Crippen LogP contribution in [0.1, 0.15) is 47.7 Å². The second kappa shape index (κ2) is 9.95. The van der Waals surface area contributed by atoms with Crippen LogP contribution in [0.5, 0.6) is 5.75 Å². The van der Waals surface area contributed by atoms with Crippen LogP contribution in [-0.2, 0) is 11.3 Å². The molecule has 2 heterocycles. The van der Waals surface area contributed by atoms with Crippen molar-refractivity contribution in [3.63, 3.8) is 0 Å². The number of benzene rings is 3. The zero-order chi connectivity index (χ0) is 24.4. The second-order valence-electron chi connectivity index (χ2n) is 9.63. The normalized spacial score (nSPS) is 15.8. The minimum Gasteiger partial charge on any atom is -0.493 e. The van der Waals surface area contributed by atoms with Crippen molar-refractivity contribution in [3.05, 3.63) is 89.2 Å². The molecule has 1 aliphatic heterocycles. The second-order valence-corrected chi connectivity index (χ2v) is 9.63. The largest absolute Gasteiger partial charge is 0.493 e. The fourth-order valence-corrected chi connectivity index (χ4v) is 5.04. The lowest BCUT2D eigenvalue weighted by Gasteiger charge is -2.19. The number of hydrogen-bond acceptors (Lipinski definition) is 3. The molecule has 0 bridgehead atoms. The Bertz CT molecular complexity index is 1360. The summed E-state index contributed by atoms with van der Waals surface area (Å²) in [5.74, 6) is 2.25. The molecule has 1 unspecified atom stereocenters. The molecule has 35 heavy (non-hydrogen) atoms. The third-order valence-electron chi connectivity index (χ3n) is 6.96. The molecule has 1 aliphatic rings. The third kappa shape index (κ3) is 4.81. The predicted octanol–water partition coefficient (Wildman–Crippen LogP) is 6.34. The van der Waals surface area contributed by atoms with Crippen molar-refractivity contribution < 1.29 is 9.53 Å². The molecule has 0 spiro atoms. The number of unbranched alkanes of at least 4 members (excludes halogenated alkanes) is 1. The number of ether oxygens (including phenoxy) is 1. The van der Waals surface area contributed by atoms with Gasteiger partial charge in [-0.2, -0.15) is 0 Å². The van der Waals surface area contributed by atoms with Crippen molar-refractivity contribution in [3.8, 4) is 5.75 Å². The molecular formula is C30H33N3O2. The van der Waals surface area contributed by atoms with Gasteiger partial charge in [0.15, 0.2) is 0 Å². The Morgan fingerprint density at radius 2 is 1.74 bits per heavy atom. The lowest BCUT2D eigenvalue weighted by Crippen LogP contribution is -2.25. The van der Waals surface area contributed by atoms with E-state index in [1.807, 2.05) is 29.2 Å². The van der Waals surface area contributed by atoms with Gasteiger partial charge in [0, 0.05) is 31.1 Å². The highest BCUT2D eigenvalue weighted by atomic mass is 16.5. The minimum atomic E-state index is 0.0840. The highest BCUT2D eigenvalue weighted by molar-refractivity contribution is 5.97. The molecule has 4 aromatic rings. The summed E-state index contributed by atoms with van der Waals surface area (Å²) in [6, 6.07) is 22.7. The van der Waals surface area contributed by atoms with Gasteiger partial charge in [0.1, 0.15) is 11.6 Å². The molecule has 1 saturated heterocycles. The maximum Gasteiger partial charge on any atom is 0.227 e. The van der Waals surface area contributed by atoms with Gasteiger partial charge < -0.3 is 14.2 Å². The molecule has 0 N–H and O–H groups in total. The van der Waals surface area contributed by atoms with Gasteiger partial charge >= 0.3 is 0 Å². The first kappa shape index (κ1) is 23.2. The number of imidazole rings is 1. The first-order valence-electron chi connectivity index (χ1n) is 12.5. The van der Waals surface area contributed by atoms with Crippen molar-refractivity contribution in [2.45, 2.75) is 52.5 Å². The van der Waals surface area contributed by atoms with E-state index in [-0.39, 0.29) is 11.8 Å². The molecule has 5 rings (SSSR count). The maximum atomic E-state index is 13.0. The quantitative estimate of drug-likeness (QED) is 0.284. The smallest absolute Gasteiger partial charge is 0.227 e. The lowest BCUT2D eigenvalue weighted by molar-refractivity contribution is -0.117. The number of nitrogens with zero attached hydrogens (tertiary/aromatic N) is 3. The summed E-state index contributed by atoms with van der Waals surface area (Å²) < 4.78 is 8.39. The number of rotatable bonds is 8. The van der Waals surface area contributed by atoms with E-state index in [0.717, 1.165) is 53.2 Å². The Morgan fingerprint density at radius 1 is 0.943 bits per heavy atom. The lowest BCUT2D eigenvalue weighted by atomic mass is 10.1. The first-order valence-corrected chi connectivity index (χ1v) is 12.5. The number of amides is 1. The number of para-hydroxylation sites is 3. The van der Waals surface area contributed by atoms with Gasteiger partial charge in [0.05, 0.1) is 17.6 Å². The van der Waals surface area contributed by atoms with Crippen molar-refractivity contribution >= 4 is 22.6 Å². The van der Waals surface area contributed by atoms with Crippen molar-refractivity contribution in [2.75, 3.05) is 18.1 Å². The minimum absolute atomic E-state index is 0.0840. The van der Waals surface area contributed by atoms with Crippen LogP contribution < -0.4 is 9.64 Å². The molecule has 0 aliphatic carbocycles. The zero-order valence-electron chi connectivity index (χ0n) is 20.8. The molecule has 1 fully saturated rings. The van der Waals surface area contributed by atoms with Crippen LogP contribution in [0.2, 0.25) is 0 Å². The summed E-state index contributed by atoms with van der Waals surface area (Å²) in [5, 5.41) is 0. The van der Waals surface area contributed by atoms with Gasteiger partial charge in [-0.1, -0.05) is 42.5 Å². The van der Waals surface area contributed by atoms with Crippen LogP contribution in [-0.4, -0.2) is 28.6 Å². The molecule has 5 nitrogen and oxygen atoms in total. The number of carbonyl (C=O) groups is 1. The number of carbonyl (C=O) groups excluding carboxylic acids is 1. The van der Waals surface area contributed by atoms with E-state index >= 15 is 0 Å². The van der Waals surface area contributed by atoms with Crippen molar-refractivity contribution in [1.82, 2.24) is 9.55 Å². The highest BCUT2D eigenvalue weighted by Gasteiger charge is 2.35. The van der Waals surface area contributed by atoms with Crippen LogP contribution in [0.25, 0.3) is 11.0 Å². The van der Waals surface area contributed by atoms with Gasteiger partial charge in [-0.05, 0) is 74.6 Å². The Labute approximate surface area is 207 Å². The van der Waals surface area contributed by atoms with Crippen molar-refractivity contribution in [1.29, 1.82) is 0 Å². The van der Waals surface area contributed by atoms with Gasteiger partial charge in [-0.3, -0.25) is 4.79 Å². The van der Waals surface area contributed by atoms with Gasteiger partial charge in [0.2, 0.25) is 5.91 Å². The average Bonchev–Trinajstić information content (AvgIpc) is 3.42. The molecule has 3 aromatic carbocycles. The average molecular weight is 468 g/mol. The predicted molar refractivity (Wildman–Crippen MR) is 141 cm³/mol. The first-order chi connectivity index (χ1) is 17.0. The van der Waals surface area contributed by atoms with E-state index in [9.17, 15) is 4.79 Å². The van der Waals surface area contributed by atoms with Gasteiger partial charge in [0.25, 0.3) is 0 Å². The van der Waals surface area contributed by atoms with E-state index in [4.69, 9.17) is 9.72 Å². The molecule has 180 valence electrons. The number of aromatic nitrogens is 2. The molecule has 0 radical (unpaired) electrons. The molecule has 5 heteroatoms. The van der Waals surface area contributed by atoms with Crippen LogP contribution >= 0.6 is 0 Å². The third-order valence-corrected chi connectivity index (χ3v) is 6.96. The Balaban J connectivity index is 1.30. The van der Waals surface area contributed by atoms with Gasteiger partial charge in [-0.15, -0.1) is 0 Å². The number of anilines is 1. The molecule has 0 saturated carbocycles. The van der Waals surface area contributed by atoms with E-state index in [1.54, 1.807) is 0 Å². The van der Waals surface area contributed by atoms with Crippen LogP contribution in [0.15, 0.2) is 66.7 Å². The number of hydrogen-bond donors (Lipinski definition) is 0. The molecular weight excluding hydrogens is 434 g/mol. The van der Waals surface area contributed by atoms with E-state index < -0.39 is 0 Å². The Morgan fingerprint density at radius 3 is 2.60 bits per heavy atom. The maximum absolute atomic E-state index is 13.0. The monoisotopic (exact) mass is 467 g/mol. The van der Waals surface area contributed by atoms with E-state index in [0.29, 0.717) is 19.6 Å². The van der Waals surface area contributed by atoms with E-state index in [2.05, 4.69) is 67.8 Å². The molecule has 1 aromatic heterocycles. The van der Waals surface area contributed by atoms with E-state index in [1.165, 1.54) is 11.1 Å². The molecule has 1 atom stereocenters. The fraction of sp³-hybridized carbons (Fsp3) is 0.333. The summed E-state index contributed by atoms with van der Waals surface area (Å²) in [4.78, 5) is 19.9. The standard InChI is InChI=1S/C30H33N3O2/c1-21-14-15-23(3)28(18-21)35-17-9-8-16-32-27-13-7-5-11-25(27)31-30(32)24-19-29(34)33(20-24)26-12-6-4-10-22(26)2/h4-7,10-15,18,24H,8-9,16-17,19-20H2,1-3H3. The Kier molecular flexibility index (Phi) is 6.58. The van der Waals surface area contributed by atoms with Gasteiger partial charge in [-0.25, -0.2) is 4.98 Å². The summed E-state index contributed by atoms with van der Waals surface area (Å²) in [5.41, 5.74) is 6.65. The fourth-order valence-electron chi connectivity index (χ4n) is 5.04.